The smallest absolute Gasteiger partial charge is 0.215 e. The third kappa shape index (κ3) is 2.77. The first kappa shape index (κ1) is 10.2. The van der Waals surface area contributed by atoms with E-state index in [0.29, 0.717) is 0 Å². The lowest BCUT2D eigenvalue weighted by atomic mass is 10.3. The van der Waals surface area contributed by atoms with Crippen LogP contribution in [0.3, 0.4) is 0 Å². The van der Waals surface area contributed by atoms with E-state index in [2.05, 4.69) is 0 Å². The normalized spacial score (nSPS) is 13.0. The highest BCUT2D eigenvalue weighted by Crippen LogP contribution is 2.38. The topological polar surface area (TPSA) is 0 Å². The van der Waals surface area contributed by atoms with Crippen LogP contribution in [-0.2, 0) is 0 Å². The second-order valence-electron chi connectivity index (χ2n) is 1.52. The first-order valence-electron chi connectivity index (χ1n) is 2.14. The molecule has 0 rings (SSSR count). The Bertz CT molecular complexity index is 142. The maximum Gasteiger partial charge on any atom is 0.423 e. The van der Waals surface area contributed by atoms with Crippen molar-refractivity contribution in [2.45, 2.75) is 12.4 Å². The van der Waals surface area contributed by atoms with Gasteiger partial charge in [0.2, 0.25) is 0 Å². The summed E-state index contributed by atoms with van der Waals surface area (Å²) in [6.07, 6.45) is -12.9. The molecule has 0 unspecified atom stereocenters. The molecule has 0 atom stereocenters. The fourth-order valence-corrected chi connectivity index (χ4v) is 0.284. The van der Waals surface area contributed by atoms with E-state index < -0.39 is 24.3 Å². The van der Waals surface area contributed by atoms with Crippen molar-refractivity contribution in [2.75, 3.05) is 0 Å². The van der Waals surface area contributed by atoms with Crippen molar-refractivity contribution < 1.29 is 30.7 Å². The van der Waals surface area contributed by atoms with Crippen molar-refractivity contribution in [1.82, 2.24) is 0 Å². The Kier molecular flexibility index (Phi) is 2.52. The molecule has 0 spiro atoms. The molecule has 0 radical (unpaired) electrons. The van der Waals surface area contributed by atoms with Crippen LogP contribution in [0.1, 0.15) is 0 Å². The fraction of sp³-hybridized carbons (Fsp3) is 0.500. The Morgan fingerprint density at radius 3 is 1.09 bits per heavy atom. The zero-order chi connectivity index (χ0) is 9.28. The summed E-state index contributed by atoms with van der Waals surface area (Å²) >= 11 is 0. The molecule has 0 saturated carbocycles. The molecule has 0 heterocycles. The highest BCUT2D eigenvalue weighted by molar-refractivity contribution is 5.11. The highest BCUT2D eigenvalue weighted by Gasteiger charge is 2.51. The molecule has 0 bridgehead atoms. The van der Waals surface area contributed by atoms with Gasteiger partial charge < -0.3 is 0 Å². The van der Waals surface area contributed by atoms with Crippen LogP contribution in [0.5, 0.6) is 0 Å². The first-order chi connectivity index (χ1) is 4.69. The van der Waals surface area contributed by atoms with Gasteiger partial charge in [0, 0.05) is 0 Å². The van der Waals surface area contributed by atoms with E-state index in [1.807, 2.05) is 0 Å². The summed E-state index contributed by atoms with van der Waals surface area (Å²) < 4.78 is 78.2. The fourth-order valence-electron chi connectivity index (χ4n) is 0.284. The first-order valence-corrected chi connectivity index (χ1v) is 2.14. The lowest BCUT2D eigenvalue weighted by molar-refractivity contribution is -0.173. The molecule has 0 N–H and O–H groups in total. The average molecular weight is 182 g/mol. The van der Waals surface area contributed by atoms with Gasteiger partial charge in [0.05, 0.1) is 0 Å². The monoisotopic (exact) mass is 182 g/mol. The van der Waals surface area contributed by atoms with E-state index in [1.165, 1.54) is 0 Å². The average Bonchev–Trinajstić information content (AvgIpc) is 1.56. The van der Waals surface area contributed by atoms with Crippen molar-refractivity contribution in [3.05, 3.63) is 11.9 Å². The summed E-state index contributed by atoms with van der Waals surface area (Å²) in [4.78, 5) is 0. The lowest BCUT2D eigenvalue weighted by Gasteiger charge is -2.12. The molecule has 0 saturated heterocycles. The van der Waals surface area contributed by atoms with Crippen LogP contribution in [0.15, 0.2) is 11.9 Å². The van der Waals surface area contributed by atoms with Crippen molar-refractivity contribution in [3.63, 3.8) is 0 Å². The summed E-state index contributed by atoms with van der Waals surface area (Å²) in [5.74, 6) is 0. The van der Waals surface area contributed by atoms with E-state index in [0.717, 1.165) is 0 Å². The minimum absolute atomic E-state index is 1.50. The Labute approximate surface area is 56.3 Å². The summed E-state index contributed by atoms with van der Waals surface area (Å²) in [5, 5.41) is 0. The summed E-state index contributed by atoms with van der Waals surface area (Å²) in [6.45, 7) is 0. The van der Waals surface area contributed by atoms with Crippen LogP contribution in [0.4, 0.5) is 30.7 Å². The number of alkyl halides is 6. The Balaban J connectivity index is 4.74. The molecule has 7 heteroatoms. The van der Waals surface area contributed by atoms with Gasteiger partial charge in [-0.05, 0) is 0 Å². The lowest BCUT2D eigenvalue weighted by Crippen LogP contribution is -2.25. The van der Waals surface area contributed by atoms with E-state index in [4.69, 9.17) is 0 Å². The summed E-state index contributed by atoms with van der Waals surface area (Å²) in [5.41, 5.74) is -3.13. The van der Waals surface area contributed by atoms with Gasteiger partial charge in [0.25, 0.3) is 0 Å². The number of allylic oxidation sites excluding steroid dienone is 1. The molecule has 0 aliphatic rings. The molecule has 0 aromatic heterocycles. The second-order valence-corrected chi connectivity index (χ2v) is 1.52. The van der Waals surface area contributed by atoms with Gasteiger partial charge in [-0.2, -0.15) is 26.3 Å². The molecule has 0 aliphatic heterocycles. The zero-order valence-corrected chi connectivity index (χ0v) is 4.72. The molecule has 66 valence electrons. The van der Waals surface area contributed by atoms with Crippen molar-refractivity contribution in [3.8, 4) is 0 Å². The number of hydrogen-bond acceptors (Lipinski definition) is 0. The predicted molar refractivity (Wildman–Crippen MR) is 21.3 cm³/mol. The molecule has 0 aromatic rings. The molecule has 0 nitrogen and oxygen atoms in total. The van der Waals surface area contributed by atoms with Crippen LogP contribution < -0.4 is 0 Å². The molecular weight excluding hydrogens is 181 g/mol. The van der Waals surface area contributed by atoms with E-state index in [1.54, 1.807) is 0 Å². The summed E-state index contributed by atoms with van der Waals surface area (Å²) in [6, 6.07) is 0. The molecule has 0 fully saturated rings. The van der Waals surface area contributed by atoms with E-state index >= 15 is 0 Å². The minimum Gasteiger partial charge on any atom is -0.215 e. The largest absolute Gasteiger partial charge is 0.423 e. The SMILES string of the molecule is FC=C(C(F)(F)F)C(F)(F)F. The maximum atomic E-state index is 11.2. The third-order valence-electron chi connectivity index (χ3n) is 0.720. The zero-order valence-electron chi connectivity index (χ0n) is 4.72. The molecule has 0 amide bonds. The van der Waals surface area contributed by atoms with Crippen LogP contribution in [0.25, 0.3) is 0 Å². The molecular formula is C4HF7. The number of halogens is 7. The van der Waals surface area contributed by atoms with Gasteiger partial charge in [-0.15, -0.1) is 0 Å². The minimum atomic E-state index is -5.69. The van der Waals surface area contributed by atoms with Gasteiger partial charge in [0.15, 0.2) is 5.57 Å². The molecule has 0 aliphatic carbocycles. The van der Waals surface area contributed by atoms with Crippen molar-refractivity contribution in [1.29, 1.82) is 0 Å². The maximum absolute atomic E-state index is 11.2. The van der Waals surface area contributed by atoms with Crippen molar-refractivity contribution >= 4 is 0 Å². The second kappa shape index (κ2) is 2.71. The van der Waals surface area contributed by atoms with E-state index in [9.17, 15) is 30.7 Å². The standard InChI is InChI=1S/C4HF7/c5-1-2(3(6,7)8)4(9,10)11/h1H. The van der Waals surface area contributed by atoms with Crippen LogP contribution >= 0.6 is 0 Å². The molecule has 11 heavy (non-hydrogen) atoms. The van der Waals surface area contributed by atoms with Crippen LogP contribution in [0.2, 0.25) is 0 Å². The van der Waals surface area contributed by atoms with Gasteiger partial charge in [0.1, 0.15) is 6.33 Å². The van der Waals surface area contributed by atoms with Crippen molar-refractivity contribution in [2.24, 2.45) is 0 Å². The third-order valence-corrected chi connectivity index (χ3v) is 0.720. The quantitative estimate of drug-likeness (QED) is 0.505. The highest BCUT2D eigenvalue weighted by atomic mass is 19.4. The Hall–Kier alpha value is -0.750. The summed E-state index contributed by atoms with van der Waals surface area (Å²) in [7, 11) is 0. The van der Waals surface area contributed by atoms with Gasteiger partial charge in [-0.3, -0.25) is 0 Å². The predicted octanol–water partition coefficient (Wildman–Crippen LogP) is 2.96. The Morgan fingerprint density at radius 1 is 0.818 bits per heavy atom. The van der Waals surface area contributed by atoms with Gasteiger partial charge in [-0.1, -0.05) is 0 Å². The Morgan fingerprint density at radius 2 is 1.09 bits per heavy atom. The van der Waals surface area contributed by atoms with Crippen LogP contribution in [-0.4, -0.2) is 12.4 Å². The van der Waals surface area contributed by atoms with Crippen LogP contribution in [0, 0.1) is 0 Å². The van der Waals surface area contributed by atoms with E-state index in [-0.39, 0.29) is 0 Å². The molecule has 0 aromatic carbocycles. The van der Waals surface area contributed by atoms with Gasteiger partial charge >= 0.3 is 12.4 Å². The number of rotatable bonds is 0. The van der Waals surface area contributed by atoms with Gasteiger partial charge in [-0.25, -0.2) is 4.39 Å². The number of hydrogen-bond donors (Lipinski definition) is 0.